The van der Waals surface area contributed by atoms with E-state index in [-0.39, 0.29) is 19.1 Å². The van der Waals surface area contributed by atoms with Crippen molar-refractivity contribution in [3.8, 4) is 0 Å². The van der Waals surface area contributed by atoms with E-state index in [2.05, 4.69) is 5.10 Å². The first kappa shape index (κ1) is 14.8. The van der Waals surface area contributed by atoms with E-state index in [1.54, 1.807) is 28.9 Å². The Kier molecular flexibility index (Phi) is 4.37. The molecular formula is C15H17N3O3. The molecular weight excluding hydrogens is 270 g/mol. The number of benzene rings is 1. The number of nitrogens with zero attached hydrogens (tertiary/aromatic N) is 2. The number of ether oxygens (including phenoxy) is 1. The lowest BCUT2D eigenvalue weighted by Gasteiger charge is -2.07. The first-order chi connectivity index (χ1) is 9.95. The average Bonchev–Trinajstić information content (AvgIpc) is 2.75. The number of aryl methyl sites for hydroxylation is 2. The third kappa shape index (κ3) is 3.92. The van der Waals surface area contributed by atoms with Crippen LogP contribution in [0.25, 0.3) is 0 Å². The number of nitrogens with two attached hydrogens (primary N) is 1. The summed E-state index contributed by atoms with van der Waals surface area (Å²) in [5.74, 6) is -0.844. The van der Waals surface area contributed by atoms with Crippen molar-refractivity contribution in [1.29, 1.82) is 0 Å². The molecule has 0 aliphatic rings. The quantitative estimate of drug-likeness (QED) is 0.841. The summed E-state index contributed by atoms with van der Waals surface area (Å²) in [7, 11) is 0. The monoisotopic (exact) mass is 287 g/mol. The molecule has 2 N–H and O–H groups in total. The summed E-state index contributed by atoms with van der Waals surface area (Å²) in [6.07, 6.45) is 0. The maximum absolute atomic E-state index is 11.8. The van der Waals surface area contributed by atoms with Crippen molar-refractivity contribution < 1.29 is 14.3 Å². The van der Waals surface area contributed by atoms with Crippen molar-refractivity contribution in [3.05, 3.63) is 52.8 Å². The average molecular weight is 287 g/mol. The fraction of sp³-hybridized carbons (Fsp3) is 0.267. The highest BCUT2D eigenvalue weighted by Gasteiger charge is 2.08. The van der Waals surface area contributed by atoms with Crippen LogP contribution >= 0.6 is 0 Å². The van der Waals surface area contributed by atoms with E-state index in [4.69, 9.17) is 10.5 Å². The van der Waals surface area contributed by atoms with Gasteiger partial charge in [-0.2, -0.15) is 5.10 Å². The van der Waals surface area contributed by atoms with Crippen molar-refractivity contribution in [2.24, 2.45) is 5.73 Å². The fourth-order valence-corrected chi connectivity index (χ4v) is 1.93. The molecule has 6 nitrogen and oxygen atoms in total. The van der Waals surface area contributed by atoms with Gasteiger partial charge in [-0.25, -0.2) is 0 Å². The lowest BCUT2D eigenvalue weighted by molar-refractivity contribution is -0.145. The van der Waals surface area contributed by atoms with E-state index in [0.29, 0.717) is 5.56 Å². The molecule has 1 amide bonds. The first-order valence-electron chi connectivity index (χ1n) is 6.51. The standard InChI is InChI=1S/C15H17N3O3/c1-10-7-11(2)18(17-10)8-14(19)21-9-12-3-5-13(6-4-12)15(16)20/h3-7H,8-9H2,1-2H3,(H2,16,20). The molecule has 0 radical (unpaired) electrons. The molecule has 1 aromatic carbocycles. The SMILES string of the molecule is Cc1cc(C)n(CC(=O)OCc2ccc(C(N)=O)cc2)n1. The molecule has 1 aromatic heterocycles. The van der Waals surface area contributed by atoms with E-state index in [0.717, 1.165) is 17.0 Å². The van der Waals surface area contributed by atoms with Gasteiger partial charge < -0.3 is 10.5 Å². The Morgan fingerprint density at radius 3 is 2.43 bits per heavy atom. The minimum Gasteiger partial charge on any atom is -0.459 e. The van der Waals surface area contributed by atoms with Crippen molar-refractivity contribution in [3.63, 3.8) is 0 Å². The van der Waals surface area contributed by atoms with Gasteiger partial charge in [0, 0.05) is 11.3 Å². The summed E-state index contributed by atoms with van der Waals surface area (Å²) in [5.41, 5.74) is 8.15. The Balaban J connectivity index is 1.89. The minimum absolute atomic E-state index is 0.0824. The highest BCUT2D eigenvalue weighted by atomic mass is 16.5. The first-order valence-corrected chi connectivity index (χ1v) is 6.51. The lowest BCUT2D eigenvalue weighted by Crippen LogP contribution is -2.15. The largest absolute Gasteiger partial charge is 0.459 e. The Hall–Kier alpha value is -2.63. The smallest absolute Gasteiger partial charge is 0.328 e. The molecule has 0 bridgehead atoms. The number of hydrogen-bond acceptors (Lipinski definition) is 4. The normalized spacial score (nSPS) is 10.4. The van der Waals surface area contributed by atoms with Gasteiger partial charge in [-0.1, -0.05) is 12.1 Å². The second kappa shape index (κ2) is 6.21. The van der Waals surface area contributed by atoms with Crippen molar-refractivity contribution in [1.82, 2.24) is 9.78 Å². The van der Waals surface area contributed by atoms with Crippen LogP contribution in [-0.2, 0) is 22.7 Å². The molecule has 0 saturated carbocycles. The van der Waals surface area contributed by atoms with Gasteiger partial charge in [-0.05, 0) is 37.6 Å². The van der Waals surface area contributed by atoms with E-state index in [9.17, 15) is 9.59 Å². The van der Waals surface area contributed by atoms with Crippen LogP contribution in [-0.4, -0.2) is 21.7 Å². The Bertz CT molecular complexity index is 659. The Morgan fingerprint density at radius 2 is 1.90 bits per heavy atom. The number of amides is 1. The molecule has 0 fully saturated rings. The van der Waals surface area contributed by atoms with Crippen LogP contribution in [0.5, 0.6) is 0 Å². The van der Waals surface area contributed by atoms with Crippen LogP contribution in [0.4, 0.5) is 0 Å². The molecule has 0 saturated heterocycles. The van der Waals surface area contributed by atoms with Gasteiger partial charge >= 0.3 is 5.97 Å². The molecule has 0 atom stereocenters. The van der Waals surface area contributed by atoms with Gasteiger partial charge in [0.2, 0.25) is 5.91 Å². The summed E-state index contributed by atoms with van der Waals surface area (Å²) in [6, 6.07) is 8.52. The van der Waals surface area contributed by atoms with E-state index >= 15 is 0 Å². The molecule has 0 spiro atoms. The van der Waals surface area contributed by atoms with Crippen LogP contribution in [0.2, 0.25) is 0 Å². The third-order valence-corrected chi connectivity index (χ3v) is 3.02. The zero-order valence-corrected chi connectivity index (χ0v) is 12.0. The number of rotatable bonds is 5. The third-order valence-electron chi connectivity index (χ3n) is 3.02. The zero-order chi connectivity index (χ0) is 15.4. The van der Waals surface area contributed by atoms with Crippen molar-refractivity contribution in [2.75, 3.05) is 0 Å². The van der Waals surface area contributed by atoms with E-state index < -0.39 is 5.91 Å². The molecule has 6 heteroatoms. The Morgan fingerprint density at radius 1 is 1.24 bits per heavy atom. The predicted molar refractivity (Wildman–Crippen MR) is 76.5 cm³/mol. The molecule has 0 unspecified atom stereocenters. The van der Waals surface area contributed by atoms with Gasteiger partial charge in [0.05, 0.1) is 5.69 Å². The molecule has 1 heterocycles. The summed E-state index contributed by atoms with van der Waals surface area (Å²) >= 11 is 0. The van der Waals surface area contributed by atoms with Gasteiger partial charge in [0.1, 0.15) is 13.2 Å². The van der Waals surface area contributed by atoms with Gasteiger partial charge in [0.15, 0.2) is 0 Å². The van der Waals surface area contributed by atoms with Crippen molar-refractivity contribution in [2.45, 2.75) is 27.0 Å². The molecule has 21 heavy (non-hydrogen) atoms. The predicted octanol–water partition coefficient (Wildman–Crippen LogP) is 1.34. The number of carbonyl (C=O) groups is 2. The number of carbonyl (C=O) groups excluding carboxylic acids is 2. The zero-order valence-electron chi connectivity index (χ0n) is 12.0. The maximum Gasteiger partial charge on any atom is 0.328 e. The molecule has 2 aromatic rings. The second-order valence-electron chi connectivity index (χ2n) is 4.81. The maximum atomic E-state index is 11.8. The van der Waals surface area contributed by atoms with Crippen LogP contribution in [0, 0.1) is 13.8 Å². The summed E-state index contributed by atoms with van der Waals surface area (Å²) in [4.78, 5) is 22.7. The lowest BCUT2D eigenvalue weighted by atomic mass is 10.1. The van der Waals surface area contributed by atoms with Gasteiger partial charge in [0.25, 0.3) is 0 Å². The summed E-state index contributed by atoms with van der Waals surface area (Å²) in [6.45, 7) is 3.99. The van der Waals surface area contributed by atoms with E-state index in [1.165, 1.54) is 0 Å². The van der Waals surface area contributed by atoms with E-state index in [1.807, 2.05) is 19.9 Å². The topological polar surface area (TPSA) is 87.2 Å². The molecule has 0 aliphatic carbocycles. The summed E-state index contributed by atoms with van der Waals surface area (Å²) < 4.78 is 6.79. The Labute approximate surface area is 122 Å². The summed E-state index contributed by atoms with van der Waals surface area (Å²) in [5, 5.41) is 4.20. The minimum atomic E-state index is -0.483. The molecule has 2 rings (SSSR count). The van der Waals surface area contributed by atoms with Gasteiger partial charge in [-0.3, -0.25) is 14.3 Å². The van der Waals surface area contributed by atoms with Crippen LogP contribution in [0.15, 0.2) is 30.3 Å². The second-order valence-corrected chi connectivity index (χ2v) is 4.81. The fourth-order valence-electron chi connectivity index (χ4n) is 1.93. The van der Waals surface area contributed by atoms with Crippen LogP contribution in [0.1, 0.15) is 27.3 Å². The number of primary amides is 1. The highest BCUT2D eigenvalue weighted by molar-refractivity contribution is 5.92. The van der Waals surface area contributed by atoms with Gasteiger partial charge in [-0.15, -0.1) is 0 Å². The number of hydrogen-bond donors (Lipinski definition) is 1. The molecule has 0 aliphatic heterocycles. The highest BCUT2D eigenvalue weighted by Crippen LogP contribution is 2.07. The number of esters is 1. The van der Waals surface area contributed by atoms with Crippen molar-refractivity contribution >= 4 is 11.9 Å². The van der Waals surface area contributed by atoms with Crippen LogP contribution < -0.4 is 5.73 Å². The molecule has 110 valence electrons. The number of aromatic nitrogens is 2. The van der Waals surface area contributed by atoms with Crippen LogP contribution in [0.3, 0.4) is 0 Å².